The Kier molecular flexibility index (Phi) is 6.37. The first kappa shape index (κ1) is 20.6. The van der Waals surface area contributed by atoms with Crippen LogP contribution in [0.2, 0.25) is 0 Å². The number of piperidine rings is 1. The molecule has 1 aromatic heterocycles. The van der Waals surface area contributed by atoms with Crippen LogP contribution in [0, 0.1) is 0 Å². The molecule has 0 radical (unpaired) electrons. The van der Waals surface area contributed by atoms with Crippen molar-refractivity contribution < 1.29 is 13.2 Å². The molecule has 2 aliphatic heterocycles. The molecule has 2 aliphatic rings. The number of rotatable bonds is 6. The van der Waals surface area contributed by atoms with Crippen molar-refractivity contribution in [1.82, 2.24) is 9.21 Å². The maximum atomic E-state index is 12.8. The van der Waals surface area contributed by atoms with Gasteiger partial charge in [0.25, 0.3) is 0 Å². The molecule has 5 nitrogen and oxygen atoms in total. The summed E-state index contributed by atoms with van der Waals surface area (Å²) >= 11 is 1.72. The third-order valence-electron chi connectivity index (χ3n) is 5.95. The quantitative estimate of drug-likeness (QED) is 0.687. The molecule has 0 saturated carbocycles. The summed E-state index contributed by atoms with van der Waals surface area (Å²) in [4.78, 5) is 16.4. The monoisotopic (exact) mass is 432 g/mol. The molecule has 0 spiro atoms. The Labute approximate surface area is 177 Å². The van der Waals surface area contributed by atoms with Gasteiger partial charge >= 0.3 is 0 Å². The molecule has 2 aromatic rings. The molecule has 3 heterocycles. The Morgan fingerprint density at radius 1 is 1.00 bits per heavy atom. The van der Waals surface area contributed by atoms with Crippen molar-refractivity contribution in [3.05, 3.63) is 52.2 Å². The molecule has 0 aliphatic carbocycles. The van der Waals surface area contributed by atoms with Crippen molar-refractivity contribution >= 4 is 27.3 Å². The number of sulfonamides is 1. The molecule has 2 saturated heterocycles. The second-order valence-corrected chi connectivity index (χ2v) is 10.8. The molecule has 29 heavy (non-hydrogen) atoms. The van der Waals surface area contributed by atoms with Gasteiger partial charge in [0, 0.05) is 30.9 Å². The molecular weight excluding hydrogens is 404 g/mol. The number of likely N-dealkylation sites (tertiary alicyclic amines) is 1. The van der Waals surface area contributed by atoms with E-state index in [0.29, 0.717) is 30.8 Å². The van der Waals surface area contributed by atoms with Crippen LogP contribution >= 0.6 is 11.3 Å². The predicted octanol–water partition coefficient (Wildman–Crippen LogP) is 4.22. The predicted molar refractivity (Wildman–Crippen MR) is 115 cm³/mol. The number of nitrogens with zero attached hydrogens (tertiary/aromatic N) is 2. The minimum absolute atomic E-state index is 0.186. The first-order valence-electron chi connectivity index (χ1n) is 10.5. The highest BCUT2D eigenvalue weighted by molar-refractivity contribution is 7.89. The average molecular weight is 433 g/mol. The highest BCUT2D eigenvalue weighted by Crippen LogP contribution is 2.35. The molecule has 1 unspecified atom stereocenters. The molecule has 1 atom stereocenters. The Morgan fingerprint density at radius 2 is 1.76 bits per heavy atom. The van der Waals surface area contributed by atoms with Crippen LogP contribution in [0.3, 0.4) is 0 Å². The summed E-state index contributed by atoms with van der Waals surface area (Å²) in [5.74, 6) is 0.186. The number of benzene rings is 1. The lowest BCUT2D eigenvalue weighted by Crippen LogP contribution is -2.35. The van der Waals surface area contributed by atoms with Crippen molar-refractivity contribution in [2.45, 2.75) is 55.9 Å². The fourth-order valence-corrected chi connectivity index (χ4v) is 6.71. The van der Waals surface area contributed by atoms with Crippen molar-refractivity contribution in [2.75, 3.05) is 19.6 Å². The van der Waals surface area contributed by atoms with Crippen molar-refractivity contribution in [3.8, 4) is 0 Å². The van der Waals surface area contributed by atoms with Crippen LogP contribution in [-0.2, 0) is 21.2 Å². The number of aryl methyl sites for hydroxylation is 1. The van der Waals surface area contributed by atoms with E-state index in [1.807, 2.05) is 23.1 Å². The van der Waals surface area contributed by atoms with Gasteiger partial charge in [-0.25, -0.2) is 8.42 Å². The van der Waals surface area contributed by atoms with Gasteiger partial charge in [-0.2, -0.15) is 4.31 Å². The Hall–Kier alpha value is -1.70. The van der Waals surface area contributed by atoms with Crippen LogP contribution in [-0.4, -0.2) is 43.2 Å². The normalized spacial score (nSPS) is 20.8. The first-order chi connectivity index (χ1) is 14.1. The van der Waals surface area contributed by atoms with Gasteiger partial charge in [0.05, 0.1) is 10.9 Å². The van der Waals surface area contributed by atoms with E-state index in [2.05, 4.69) is 11.4 Å². The number of carbonyl (C=O) groups excluding carboxylic acids is 1. The minimum atomic E-state index is -3.40. The number of thiophene rings is 1. The topological polar surface area (TPSA) is 57.7 Å². The zero-order valence-corrected chi connectivity index (χ0v) is 18.3. The Balaban J connectivity index is 1.36. The van der Waals surface area contributed by atoms with Crippen LogP contribution in [0.5, 0.6) is 0 Å². The third kappa shape index (κ3) is 4.57. The Morgan fingerprint density at radius 3 is 2.45 bits per heavy atom. The van der Waals surface area contributed by atoms with Gasteiger partial charge in [0.2, 0.25) is 15.9 Å². The molecule has 0 bridgehead atoms. The van der Waals surface area contributed by atoms with Crippen LogP contribution in [0.4, 0.5) is 0 Å². The summed E-state index contributed by atoms with van der Waals surface area (Å²) in [6.45, 7) is 2.05. The number of amides is 1. The van der Waals surface area contributed by atoms with Crippen molar-refractivity contribution in [3.63, 3.8) is 0 Å². The smallest absolute Gasteiger partial charge is 0.243 e. The molecule has 0 N–H and O–H groups in total. The van der Waals surface area contributed by atoms with E-state index in [0.717, 1.165) is 44.2 Å². The molecule has 7 heteroatoms. The lowest BCUT2D eigenvalue weighted by atomic mass is 10.1. The summed E-state index contributed by atoms with van der Waals surface area (Å²) in [6, 6.07) is 11.5. The second kappa shape index (κ2) is 8.98. The zero-order chi connectivity index (χ0) is 20.3. The summed E-state index contributed by atoms with van der Waals surface area (Å²) in [5.41, 5.74) is 1.00. The zero-order valence-electron chi connectivity index (χ0n) is 16.6. The van der Waals surface area contributed by atoms with E-state index in [9.17, 15) is 13.2 Å². The van der Waals surface area contributed by atoms with Gasteiger partial charge in [-0.05, 0) is 61.2 Å². The van der Waals surface area contributed by atoms with Gasteiger partial charge in [-0.1, -0.05) is 24.6 Å². The SMILES string of the molecule is O=C(CCc1ccc(S(=O)(=O)N2CCCCC2)cc1)N1CCCC1c1cccs1. The lowest BCUT2D eigenvalue weighted by molar-refractivity contribution is -0.132. The minimum Gasteiger partial charge on any atom is -0.335 e. The molecule has 4 rings (SSSR count). The van der Waals surface area contributed by atoms with Crippen molar-refractivity contribution in [1.29, 1.82) is 0 Å². The van der Waals surface area contributed by atoms with E-state index in [1.165, 1.54) is 4.88 Å². The largest absolute Gasteiger partial charge is 0.335 e. The van der Waals surface area contributed by atoms with Crippen LogP contribution < -0.4 is 0 Å². The van der Waals surface area contributed by atoms with Gasteiger partial charge < -0.3 is 4.90 Å². The number of hydrogen-bond acceptors (Lipinski definition) is 4. The summed E-state index contributed by atoms with van der Waals surface area (Å²) in [5, 5.41) is 2.07. The van der Waals surface area contributed by atoms with E-state index in [-0.39, 0.29) is 11.9 Å². The molecule has 1 aromatic carbocycles. The Bertz CT molecular complexity index is 917. The van der Waals surface area contributed by atoms with Crippen molar-refractivity contribution in [2.24, 2.45) is 0 Å². The fourth-order valence-electron chi connectivity index (χ4n) is 4.32. The molecule has 1 amide bonds. The van der Waals surface area contributed by atoms with Crippen LogP contribution in [0.25, 0.3) is 0 Å². The number of carbonyl (C=O) groups is 1. The summed E-state index contributed by atoms with van der Waals surface area (Å²) < 4.78 is 27.1. The first-order valence-corrected chi connectivity index (χ1v) is 12.8. The van der Waals surface area contributed by atoms with Crippen LogP contribution in [0.1, 0.15) is 55.0 Å². The second-order valence-electron chi connectivity index (χ2n) is 7.87. The standard InChI is InChI=1S/C22H28N2O3S2/c25-22(24-16-4-6-20(24)21-7-5-17-28-21)13-10-18-8-11-19(12-9-18)29(26,27)23-14-2-1-3-15-23/h5,7-9,11-12,17,20H,1-4,6,10,13-16H2. The number of hydrogen-bond donors (Lipinski definition) is 0. The van der Waals surface area contributed by atoms with Gasteiger partial charge in [0.15, 0.2) is 0 Å². The summed E-state index contributed by atoms with van der Waals surface area (Å²) in [6.07, 6.45) is 6.15. The lowest BCUT2D eigenvalue weighted by Gasteiger charge is -2.26. The van der Waals surface area contributed by atoms with E-state index in [1.54, 1.807) is 27.8 Å². The highest BCUT2D eigenvalue weighted by atomic mass is 32.2. The molecular formula is C22H28N2O3S2. The average Bonchev–Trinajstić information content (AvgIpc) is 3.44. The highest BCUT2D eigenvalue weighted by Gasteiger charge is 2.30. The maximum Gasteiger partial charge on any atom is 0.243 e. The van der Waals surface area contributed by atoms with E-state index < -0.39 is 10.0 Å². The van der Waals surface area contributed by atoms with Crippen LogP contribution in [0.15, 0.2) is 46.7 Å². The fraction of sp³-hybridized carbons (Fsp3) is 0.500. The summed E-state index contributed by atoms with van der Waals surface area (Å²) in [7, 11) is -3.40. The maximum absolute atomic E-state index is 12.8. The van der Waals surface area contributed by atoms with Gasteiger partial charge in [-0.15, -0.1) is 11.3 Å². The van der Waals surface area contributed by atoms with E-state index in [4.69, 9.17) is 0 Å². The third-order valence-corrected chi connectivity index (χ3v) is 8.83. The molecule has 156 valence electrons. The van der Waals surface area contributed by atoms with Gasteiger partial charge in [0.1, 0.15) is 0 Å². The molecule has 2 fully saturated rings. The van der Waals surface area contributed by atoms with Gasteiger partial charge in [-0.3, -0.25) is 4.79 Å². The van der Waals surface area contributed by atoms with E-state index >= 15 is 0 Å².